The Balaban J connectivity index is 2.03. The number of hydrogen-bond donors (Lipinski definition) is 1. The van der Waals surface area contributed by atoms with Gasteiger partial charge in [0.2, 0.25) is 0 Å². The van der Waals surface area contributed by atoms with Crippen LogP contribution in [0.2, 0.25) is 0 Å². The van der Waals surface area contributed by atoms with Gasteiger partial charge in [0, 0.05) is 12.7 Å². The smallest absolute Gasteiger partial charge is 0.410 e. The molecule has 2 rings (SSSR count). The first-order valence-corrected chi connectivity index (χ1v) is 6.66. The lowest BCUT2D eigenvalue weighted by atomic mass is 10.1. The van der Waals surface area contributed by atoms with Gasteiger partial charge in [-0.1, -0.05) is 0 Å². The molecule has 0 bridgehead atoms. The van der Waals surface area contributed by atoms with Crippen molar-refractivity contribution in [3.05, 3.63) is 23.9 Å². The Morgan fingerprint density at radius 1 is 1.55 bits per heavy atom. The topological polar surface area (TPSA) is 77.7 Å². The first-order chi connectivity index (χ1) is 9.35. The number of pyridine rings is 1. The molecule has 1 atom stereocenters. The molecule has 1 saturated heterocycles. The van der Waals surface area contributed by atoms with Crippen LogP contribution in [-0.4, -0.2) is 41.3 Å². The van der Waals surface area contributed by atoms with Crippen molar-refractivity contribution >= 4 is 11.9 Å². The minimum Gasteiger partial charge on any atom is -0.444 e. The number of ether oxygens (including phenoxy) is 2. The zero-order valence-electron chi connectivity index (χ0n) is 12.1. The van der Waals surface area contributed by atoms with Gasteiger partial charge >= 0.3 is 6.09 Å². The molecule has 2 heterocycles. The van der Waals surface area contributed by atoms with Crippen LogP contribution in [0.25, 0.3) is 0 Å². The van der Waals surface area contributed by atoms with E-state index in [-0.39, 0.29) is 12.2 Å². The van der Waals surface area contributed by atoms with Gasteiger partial charge in [-0.25, -0.2) is 9.78 Å². The Morgan fingerprint density at radius 2 is 2.30 bits per heavy atom. The summed E-state index contributed by atoms with van der Waals surface area (Å²) in [7, 11) is 0. The summed E-state index contributed by atoms with van der Waals surface area (Å²) in [6.07, 6.45) is 1.13. The molecule has 0 radical (unpaired) electrons. The van der Waals surface area contributed by atoms with Crippen LogP contribution in [0.3, 0.4) is 0 Å². The molecular formula is C14H21N3O3. The lowest BCUT2D eigenvalue weighted by Crippen LogP contribution is -2.44. The van der Waals surface area contributed by atoms with Crippen LogP contribution in [0.4, 0.5) is 10.6 Å². The minimum absolute atomic E-state index is 0.193. The summed E-state index contributed by atoms with van der Waals surface area (Å²) >= 11 is 0. The molecule has 1 amide bonds. The van der Waals surface area contributed by atoms with Gasteiger partial charge < -0.3 is 20.1 Å². The molecule has 0 aromatic carbocycles. The predicted molar refractivity (Wildman–Crippen MR) is 75.1 cm³/mol. The van der Waals surface area contributed by atoms with Gasteiger partial charge in [-0.2, -0.15) is 0 Å². The largest absolute Gasteiger partial charge is 0.444 e. The van der Waals surface area contributed by atoms with Gasteiger partial charge in [0.1, 0.15) is 17.5 Å². The number of nitrogens with two attached hydrogens (primary N) is 1. The van der Waals surface area contributed by atoms with Crippen LogP contribution in [-0.2, 0) is 9.47 Å². The number of aromatic nitrogens is 1. The number of amides is 1. The second-order valence-electron chi connectivity index (χ2n) is 5.80. The zero-order chi connectivity index (χ0) is 14.8. The second-order valence-corrected chi connectivity index (χ2v) is 5.80. The molecule has 2 N–H and O–H groups in total. The van der Waals surface area contributed by atoms with E-state index in [1.165, 1.54) is 0 Å². The van der Waals surface area contributed by atoms with Crippen LogP contribution in [0.1, 0.15) is 32.4 Å². The van der Waals surface area contributed by atoms with E-state index in [2.05, 4.69) is 4.98 Å². The van der Waals surface area contributed by atoms with E-state index in [0.29, 0.717) is 25.5 Å². The summed E-state index contributed by atoms with van der Waals surface area (Å²) in [5.74, 6) is 0.445. The van der Waals surface area contributed by atoms with Crippen molar-refractivity contribution in [2.45, 2.75) is 32.5 Å². The van der Waals surface area contributed by atoms with Gasteiger partial charge in [0.05, 0.1) is 13.2 Å². The molecule has 1 aromatic rings. The van der Waals surface area contributed by atoms with E-state index >= 15 is 0 Å². The quantitative estimate of drug-likeness (QED) is 0.850. The average molecular weight is 279 g/mol. The summed E-state index contributed by atoms with van der Waals surface area (Å²) in [6.45, 7) is 7.03. The third-order valence-corrected chi connectivity index (χ3v) is 2.90. The van der Waals surface area contributed by atoms with E-state index in [1.54, 1.807) is 17.2 Å². The van der Waals surface area contributed by atoms with E-state index in [9.17, 15) is 4.79 Å². The third-order valence-electron chi connectivity index (χ3n) is 2.90. The van der Waals surface area contributed by atoms with Crippen molar-refractivity contribution in [1.29, 1.82) is 0 Å². The number of rotatable bonds is 1. The molecule has 1 aromatic heterocycles. The van der Waals surface area contributed by atoms with Gasteiger partial charge in [-0.05, 0) is 38.5 Å². The maximum atomic E-state index is 12.1. The lowest BCUT2D eigenvalue weighted by molar-refractivity contribution is -0.0432. The Labute approximate surface area is 118 Å². The SMILES string of the molecule is CC(C)(C)OC(=O)N1CCOC(c2ccnc(N)c2)C1. The number of hydrogen-bond acceptors (Lipinski definition) is 5. The van der Waals surface area contributed by atoms with Gasteiger partial charge in [0.15, 0.2) is 0 Å². The highest BCUT2D eigenvalue weighted by Crippen LogP contribution is 2.24. The highest BCUT2D eigenvalue weighted by Gasteiger charge is 2.28. The molecule has 1 aliphatic rings. The van der Waals surface area contributed by atoms with E-state index < -0.39 is 5.60 Å². The maximum absolute atomic E-state index is 12.1. The van der Waals surface area contributed by atoms with Crippen LogP contribution in [0, 0.1) is 0 Å². The van der Waals surface area contributed by atoms with Crippen molar-refractivity contribution in [2.75, 3.05) is 25.4 Å². The molecule has 6 nitrogen and oxygen atoms in total. The van der Waals surface area contributed by atoms with Crippen LogP contribution < -0.4 is 5.73 Å². The standard InChI is InChI=1S/C14H21N3O3/c1-14(2,3)20-13(18)17-6-7-19-11(9-17)10-4-5-16-12(15)8-10/h4-5,8,11H,6-7,9H2,1-3H3,(H2,15,16). The van der Waals surface area contributed by atoms with Gasteiger partial charge in [-0.3, -0.25) is 0 Å². The lowest BCUT2D eigenvalue weighted by Gasteiger charge is -2.34. The molecule has 20 heavy (non-hydrogen) atoms. The Morgan fingerprint density at radius 3 is 2.95 bits per heavy atom. The number of nitrogens with zero attached hydrogens (tertiary/aromatic N) is 2. The molecule has 0 aliphatic carbocycles. The summed E-state index contributed by atoms with van der Waals surface area (Å²) < 4.78 is 11.1. The fraction of sp³-hybridized carbons (Fsp3) is 0.571. The number of morpholine rings is 1. The highest BCUT2D eigenvalue weighted by atomic mass is 16.6. The predicted octanol–water partition coefficient (Wildman–Crippen LogP) is 1.97. The monoisotopic (exact) mass is 279 g/mol. The first-order valence-electron chi connectivity index (χ1n) is 6.66. The molecule has 1 fully saturated rings. The van der Waals surface area contributed by atoms with E-state index in [4.69, 9.17) is 15.2 Å². The van der Waals surface area contributed by atoms with Crippen molar-refractivity contribution in [1.82, 2.24) is 9.88 Å². The molecule has 0 spiro atoms. The van der Waals surface area contributed by atoms with Crippen LogP contribution in [0.5, 0.6) is 0 Å². The fourth-order valence-electron chi connectivity index (χ4n) is 2.01. The number of carbonyl (C=O) groups excluding carboxylic acids is 1. The minimum atomic E-state index is -0.494. The van der Waals surface area contributed by atoms with E-state index in [1.807, 2.05) is 26.8 Å². The summed E-state index contributed by atoms with van der Waals surface area (Å²) in [4.78, 5) is 17.7. The summed E-state index contributed by atoms with van der Waals surface area (Å²) in [5.41, 5.74) is 6.10. The van der Waals surface area contributed by atoms with Crippen molar-refractivity contribution in [2.24, 2.45) is 0 Å². The molecule has 110 valence electrons. The number of nitrogen functional groups attached to an aromatic ring is 1. The maximum Gasteiger partial charge on any atom is 0.410 e. The Kier molecular flexibility index (Phi) is 4.13. The van der Waals surface area contributed by atoms with Crippen LogP contribution in [0.15, 0.2) is 18.3 Å². The Bertz CT molecular complexity index is 485. The molecule has 6 heteroatoms. The first kappa shape index (κ1) is 14.6. The third kappa shape index (κ3) is 3.84. The average Bonchev–Trinajstić information content (AvgIpc) is 2.37. The highest BCUT2D eigenvalue weighted by molar-refractivity contribution is 5.68. The number of carbonyl (C=O) groups is 1. The normalized spacial score (nSPS) is 19.8. The molecule has 1 aliphatic heterocycles. The van der Waals surface area contributed by atoms with Crippen molar-refractivity contribution in [3.63, 3.8) is 0 Å². The number of anilines is 1. The molecule has 0 saturated carbocycles. The van der Waals surface area contributed by atoms with Crippen molar-refractivity contribution < 1.29 is 14.3 Å². The van der Waals surface area contributed by atoms with Gasteiger partial charge in [-0.15, -0.1) is 0 Å². The summed E-state index contributed by atoms with van der Waals surface area (Å²) in [6, 6.07) is 3.61. The molecular weight excluding hydrogens is 258 g/mol. The van der Waals surface area contributed by atoms with Crippen LogP contribution >= 0.6 is 0 Å². The molecule has 1 unspecified atom stereocenters. The second kappa shape index (κ2) is 5.66. The van der Waals surface area contributed by atoms with E-state index in [0.717, 1.165) is 5.56 Å². The zero-order valence-corrected chi connectivity index (χ0v) is 12.1. The summed E-state index contributed by atoms with van der Waals surface area (Å²) in [5, 5.41) is 0. The Hall–Kier alpha value is -1.82. The van der Waals surface area contributed by atoms with Gasteiger partial charge in [0.25, 0.3) is 0 Å². The fourth-order valence-corrected chi connectivity index (χ4v) is 2.01. The van der Waals surface area contributed by atoms with Crippen molar-refractivity contribution in [3.8, 4) is 0 Å².